The van der Waals surface area contributed by atoms with Crippen LogP contribution in [0.4, 0.5) is 0 Å². The highest BCUT2D eigenvalue weighted by atomic mass is 32.3. The van der Waals surface area contributed by atoms with Gasteiger partial charge in [0.15, 0.2) is 25.0 Å². The first-order valence-electron chi connectivity index (χ1n) is 11.2. The molecule has 3 aliphatic heterocycles. The molecule has 20 nitrogen and oxygen atoms in total. The molecule has 0 bridgehead atoms. The fraction of sp³-hybridized carbons (Fsp3) is 0.944. The summed E-state index contributed by atoms with van der Waals surface area (Å²) in [5.41, 5.74) is 0. The first kappa shape index (κ1) is 32.3. The molecule has 0 radical (unpaired) electrons. The molecule has 15 atom stereocenters. The lowest BCUT2D eigenvalue weighted by Gasteiger charge is -2.48. The summed E-state index contributed by atoms with van der Waals surface area (Å²) in [6.07, 6.45) is -30.7. The van der Waals surface area contributed by atoms with E-state index in [1.807, 2.05) is 0 Å². The zero-order valence-corrected chi connectivity index (χ0v) is 20.4. The van der Waals surface area contributed by atoms with Gasteiger partial charge in [0, 0.05) is 0 Å². The van der Waals surface area contributed by atoms with Gasteiger partial charge in [-0.25, -0.2) is 8.98 Å². The minimum atomic E-state index is -5.37. The highest BCUT2D eigenvalue weighted by Crippen LogP contribution is 2.33. The van der Waals surface area contributed by atoms with Crippen molar-refractivity contribution in [2.75, 3.05) is 13.2 Å². The van der Waals surface area contributed by atoms with E-state index in [2.05, 4.69) is 4.18 Å². The Morgan fingerprint density at radius 1 is 0.667 bits per heavy atom. The number of carboxylic acid groups (broad SMARTS) is 1. The second kappa shape index (κ2) is 12.7. The number of rotatable bonds is 9. The number of carboxylic acids is 1. The van der Waals surface area contributed by atoms with Gasteiger partial charge in [-0.05, 0) is 0 Å². The van der Waals surface area contributed by atoms with Gasteiger partial charge in [-0.1, -0.05) is 0 Å². The zero-order valence-electron chi connectivity index (χ0n) is 19.6. The molecule has 0 aliphatic carbocycles. The van der Waals surface area contributed by atoms with Crippen molar-refractivity contribution >= 4 is 16.4 Å². The van der Waals surface area contributed by atoms with Crippen LogP contribution in [-0.4, -0.2) is 175 Å². The van der Waals surface area contributed by atoms with Crippen LogP contribution in [0.5, 0.6) is 0 Å². The van der Waals surface area contributed by atoms with Crippen molar-refractivity contribution in [1.29, 1.82) is 0 Å². The van der Waals surface area contributed by atoms with E-state index in [1.54, 1.807) is 0 Å². The zero-order chi connectivity index (χ0) is 29.4. The smallest absolute Gasteiger partial charge is 0.397 e. The second-order valence-electron chi connectivity index (χ2n) is 8.87. The summed E-state index contributed by atoms with van der Waals surface area (Å²) in [5, 5.41) is 99.8. The highest BCUT2D eigenvalue weighted by Gasteiger charge is 2.55. The van der Waals surface area contributed by atoms with E-state index in [-0.39, 0.29) is 0 Å². The lowest BCUT2D eigenvalue weighted by atomic mass is 9.96. The third kappa shape index (κ3) is 6.99. The minimum absolute atomic E-state index is 0.857. The number of aliphatic carboxylic acids is 1. The van der Waals surface area contributed by atoms with Crippen LogP contribution in [0.1, 0.15) is 0 Å². The molecule has 0 aromatic carbocycles. The fourth-order valence-electron chi connectivity index (χ4n) is 4.27. The maximum absolute atomic E-state index is 11.5. The molecular weight excluding hydrogens is 568 g/mol. The van der Waals surface area contributed by atoms with Crippen LogP contribution in [0.25, 0.3) is 0 Å². The lowest BCUT2D eigenvalue weighted by molar-refractivity contribution is -0.375. The molecule has 0 unspecified atom stereocenters. The van der Waals surface area contributed by atoms with Crippen LogP contribution < -0.4 is 0 Å². The van der Waals surface area contributed by atoms with Gasteiger partial charge in [-0.15, -0.1) is 0 Å². The van der Waals surface area contributed by atoms with E-state index in [0.717, 1.165) is 0 Å². The van der Waals surface area contributed by atoms with E-state index in [9.17, 15) is 68.8 Å². The number of aliphatic hydroxyl groups excluding tert-OH is 9. The second-order valence-corrected chi connectivity index (χ2v) is 9.92. The molecule has 0 aromatic rings. The Hall–Kier alpha value is -1.22. The molecule has 21 heteroatoms. The van der Waals surface area contributed by atoms with Crippen molar-refractivity contribution in [2.45, 2.75) is 92.1 Å². The largest absolute Gasteiger partial charge is 0.479 e. The quantitative estimate of drug-likeness (QED) is 0.110. The summed E-state index contributed by atoms with van der Waals surface area (Å²) >= 11 is 0. The molecule has 0 aromatic heterocycles. The molecule has 3 saturated heterocycles. The van der Waals surface area contributed by atoms with Crippen LogP contribution in [0.15, 0.2) is 0 Å². The van der Waals surface area contributed by atoms with Crippen molar-refractivity contribution < 1.29 is 96.7 Å². The summed E-state index contributed by atoms with van der Waals surface area (Å²) in [6.45, 7) is -1.98. The van der Waals surface area contributed by atoms with Crippen molar-refractivity contribution in [1.82, 2.24) is 0 Å². The lowest BCUT2D eigenvalue weighted by Crippen LogP contribution is -2.67. The topological polar surface area (TPSA) is 329 Å². The average Bonchev–Trinajstić information content (AvgIpc) is 2.86. The Bertz CT molecular complexity index is 934. The van der Waals surface area contributed by atoms with Gasteiger partial charge in [0.1, 0.15) is 67.1 Å². The molecule has 11 N–H and O–H groups in total. The fourth-order valence-corrected chi connectivity index (χ4v) is 4.78. The monoisotopic (exact) mass is 598 g/mol. The van der Waals surface area contributed by atoms with Crippen molar-refractivity contribution in [3.05, 3.63) is 0 Å². The molecule has 39 heavy (non-hydrogen) atoms. The molecule has 0 spiro atoms. The van der Waals surface area contributed by atoms with Crippen LogP contribution in [0.3, 0.4) is 0 Å². The Morgan fingerprint density at radius 3 is 1.77 bits per heavy atom. The van der Waals surface area contributed by atoms with Crippen LogP contribution >= 0.6 is 0 Å². The standard InChI is InChI=1S/C18H30O20S/c19-1-3-5(21)12(9(25)16(29)33-3)35-18-10(26)13(11(4(2-20)34-18)38-39(30,31)32)36-17-8(24)6(22)7(23)14(37-17)15(27)28/h3-14,16-26,29H,1-2H2,(H,27,28)(H,30,31,32)/t3-,4-,5+,6+,7+,8-,9-,10-,11+,12+,13-,14+,16-,17-,18+/m1/s1. The number of ether oxygens (including phenoxy) is 5. The van der Waals surface area contributed by atoms with E-state index < -0.39 is 122 Å². The van der Waals surface area contributed by atoms with Crippen LogP contribution in [0.2, 0.25) is 0 Å². The Labute approximate surface area is 219 Å². The third-order valence-corrected chi connectivity index (χ3v) is 6.73. The maximum atomic E-state index is 11.5. The van der Waals surface area contributed by atoms with Gasteiger partial charge < -0.3 is 74.7 Å². The summed E-state index contributed by atoms with van der Waals surface area (Å²) in [5.74, 6) is -1.81. The summed E-state index contributed by atoms with van der Waals surface area (Å²) in [6, 6.07) is 0. The van der Waals surface area contributed by atoms with Crippen molar-refractivity contribution in [3.63, 3.8) is 0 Å². The van der Waals surface area contributed by atoms with E-state index in [4.69, 9.17) is 23.7 Å². The van der Waals surface area contributed by atoms with E-state index >= 15 is 0 Å². The minimum Gasteiger partial charge on any atom is -0.479 e. The predicted molar refractivity (Wildman–Crippen MR) is 112 cm³/mol. The third-order valence-electron chi connectivity index (χ3n) is 6.26. The van der Waals surface area contributed by atoms with Gasteiger partial charge in [0.25, 0.3) is 0 Å². The predicted octanol–water partition coefficient (Wildman–Crippen LogP) is -7.65. The summed E-state index contributed by atoms with van der Waals surface area (Å²) in [7, 11) is -5.37. The Kier molecular flexibility index (Phi) is 10.6. The Morgan fingerprint density at radius 2 is 1.23 bits per heavy atom. The molecule has 3 aliphatic rings. The van der Waals surface area contributed by atoms with Gasteiger partial charge in [-0.3, -0.25) is 4.55 Å². The summed E-state index contributed by atoms with van der Waals surface area (Å²) in [4.78, 5) is 11.4. The van der Waals surface area contributed by atoms with Crippen molar-refractivity contribution in [3.8, 4) is 0 Å². The number of hydrogen-bond acceptors (Lipinski definition) is 18. The highest BCUT2D eigenvalue weighted by molar-refractivity contribution is 7.80. The SMILES string of the molecule is O=C(O)[C@H]1O[C@@H](O[C@@H]2[C@@H](O)[C@H](O[C@@H]3[C@@H](O)[C@H](O)O[C@H](CO)[C@@H]3O)O[C@H](CO)[C@@H]2OS(=O)(=O)O)[C@H](O)[C@@H](O)[C@@H]1O. The van der Waals surface area contributed by atoms with Gasteiger partial charge >= 0.3 is 16.4 Å². The Balaban J connectivity index is 1.93. The first-order chi connectivity index (χ1) is 18.1. The molecular formula is C18H30O20S. The molecule has 3 fully saturated rings. The number of aliphatic hydroxyl groups is 9. The molecule has 3 rings (SSSR count). The maximum Gasteiger partial charge on any atom is 0.397 e. The molecule has 0 saturated carbocycles. The van der Waals surface area contributed by atoms with Crippen LogP contribution in [0, 0.1) is 0 Å². The van der Waals surface area contributed by atoms with Gasteiger partial charge in [-0.2, -0.15) is 8.42 Å². The first-order valence-corrected chi connectivity index (χ1v) is 12.6. The van der Waals surface area contributed by atoms with E-state index in [0.29, 0.717) is 0 Å². The molecule has 3 heterocycles. The average molecular weight is 598 g/mol. The number of carbonyl (C=O) groups is 1. The normalized spacial score (nSPS) is 47.6. The van der Waals surface area contributed by atoms with Gasteiger partial charge in [0.05, 0.1) is 13.2 Å². The number of hydrogen-bond donors (Lipinski definition) is 11. The molecule has 0 amide bonds. The molecule has 228 valence electrons. The van der Waals surface area contributed by atoms with Crippen molar-refractivity contribution in [2.24, 2.45) is 0 Å². The van der Waals surface area contributed by atoms with Crippen LogP contribution in [-0.2, 0) is 43.1 Å². The van der Waals surface area contributed by atoms with Gasteiger partial charge in [0.2, 0.25) is 0 Å². The van der Waals surface area contributed by atoms with E-state index in [1.165, 1.54) is 0 Å². The summed E-state index contributed by atoms with van der Waals surface area (Å²) < 4.78 is 62.2.